The molecule has 3 rings (SSSR count). The predicted octanol–water partition coefficient (Wildman–Crippen LogP) is 2.99. The van der Waals surface area contributed by atoms with Crippen LogP contribution in [0.25, 0.3) is 21.5 Å². The lowest BCUT2D eigenvalue weighted by molar-refractivity contribution is 0.268. The van der Waals surface area contributed by atoms with E-state index in [9.17, 15) is 0 Å². The van der Waals surface area contributed by atoms with Crippen molar-refractivity contribution in [2.75, 3.05) is 6.61 Å². The van der Waals surface area contributed by atoms with E-state index in [0.29, 0.717) is 0 Å². The van der Waals surface area contributed by atoms with Crippen LogP contribution < -0.4 is 5.73 Å². The maximum Gasteiger partial charge on any atom is 0.0624 e. The number of fused-ring (bicyclic) bond motifs is 3. The van der Waals surface area contributed by atoms with E-state index >= 15 is 0 Å². The number of aliphatic hydroxyl groups excluding tert-OH is 1. The smallest absolute Gasteiger partial charge is 0.0624 e. The maximum absolute atomic E-state index is 9.11. The number of hydrogen-bond acceptors (Lipinski definition) is 2. The highest BCUT2D eigenvalue weighted by Crippen LogP contribution is 2.27. The third kappa shape index (κ3) is 1.76. The number of nitrogens with two attached hydrogens (primary N) is 1. The summed E-state index contributed by atoms with van der Waals surface area (Å²) in [5, 5.41) is 14.0. The van der Waals surface area contributed by atoms with Gasteiger partial charge in [-0.25, -0.2) is 0 Å². The Kier molecular flexibility index (Phi) is 2.74. The van der Waals surface area contributed by atoms with E-state index in [1.165, 1.54) is 16.2 Å². The zero-order chi connectivity index (χ0) is 12.5. The molecule has 0 spiro atoms. The molecule has 0 aliphatic rings. The van der Waals surface area contributed by atoms with Crippen molar-refractivity contribution in [1.82, 2.24) is 0 Å². The van der Waals surface area contributed by atoms with Crippen LogP contribution in [0.2, 0.25) is 0 Å². The minimum absolute atomic E-state index is 0.0287. The van der Waals surface area contributed by atoms with Crippen LogP contribution in [0, 0.1) is 0 Å². The van der Waals surface area contributed by atoms with Crippen LogP contribution in [0.5, 0.6) is 0 Å². The number of benzene rings is 3. The molecule has 1 atom stereocenters. The standard InChI is InChI=1S/C16H15NO/c17-16(10-18)13-7-8-15-12(9-13)6-5-11-3-1-2-4-14(11)15/h1-9,16,18H,10,17H2/t16-/m1/s1. The zero-order valence-corrected chi connectivity index (χ0v) is 10.0. The molecule has 0 aliphatic heterocycles. The third-order valence-corrected chi connectivity index (χ3v) is 3.39. The molecule has 0 saturated heterocycles. The fourth-order valence-electron chi connectivity index (χ4n) is 2.37. The van der Waals surface area contributed by atoms with Crippen molar-refractivity contribution < 1.29 is 5.11 Å². The molecule has 0 unspecified atom stereocenters. The molecule has 0 fully saturated rings. The third-order valence-electron chi connectivity index (χ3n) is 3.39. The van der Waals surface area contributed by atoms with Crippen LogP contribution >= 0.6 is 0 Å². The van der Waals surface area contributed by atoms with Gasteiger partial charge in [0.1, 0.15) is 0 Å². The Labute approximate surface area is 106 Å². The summed E-state index contributed by atoms with van der Waals surface area (Å²) in [6.07, 6.45) is 0. The maximum atomic E-state index is 9.11. The summed E-state index contributed by atoms with van der Waals surface area (Å²) in [6.45, 7) is -0.0287. The fourth-order valence-corrected chi connectivity index (χ4v) is 2.37. The van der Waals surface area contributed by atoms with Crippen LogP contribution in [0.1, 0.15) is 11.6 Å². The van der Waals surface area contributed by atoms with E-state index in [4.69, 9.17) is 10.8 Å². The van der Waals surface area contributed by atoms with E-state index < -0.39 is 0 Å². The van der Waals surface area contributed by atoms with E-state index in [1.807, 2.05) is 12.1 Å². The normalized spacial score (nSPS) is 13.0. The van der Waals surface area contributed by atoms with Gasteiger partial charge in [-0.15, -0.1) is 0 Å². The topological polar surface area (TPSA) is 46.2 Å². The Balaban J connectivity index is 2.28. The second-order valence-corrected chi connectivity index (χ2v) is 4.56. The quantitative estimate of drug-likeness (QED) is 0.673. The van der Waals surface area contributed by atoms with Gasteiger partial charge in [0, 0.05) is 0 Å². The van der Waals surface area contributed by atoms with Gasteiger partial charge < -0.3 is 10.8 Å². The van der Waals surface area contributed by atoms with Crippen molar-refractivity contribution in [2.45, 2.75) is 6.04 Å². The summed E-state index contributed by atoms with van der Waals surface area (Å²) in [7, 11) is 0. The number of hydrogen-bond donors (Lipinski definition) is 2. The minimum atomic E-state index is -0.305. The van der Waals surface area contributed by atoms with E-state index in [1.54, 1.807) is 0 Å². The summed E-state index contributed by atoms with van der Waals surface area (Å²) in [5.74, 6) is 0. The lowest BCUT2D eigenvalue weighted by atomic mass is 9.98. The molecule has 0 radical (unpaired) electrons. The lowest BCUT2D eigenvalue weighted by Gasteiger charge is -2.10. The first-order valence-electron chi connectivity index (χ1n) is 6.07. The molecule has 90 valence electrons. The average molecular weight is 237 g/mol. The molecule has 0 heterocycles. The molecule has 0 aromatic heterocycles. The Morgan fingerprint density at radius 2 is 1.61 bits per heavy atom. The molecule has 2 heteroatoms. The second kappa shape index (κ2) is 4.41. The molecule has 3 aromatic rings. The molecule has 18 heavy (non-hydrogen) atoms. The number of aliphatic hydroxyl groups is 1. The van der Waals surface area contributed by atoms with Gasteiger partial charge in [-0.05, 0) is 33.2 Å². The summed E-state index contributed by atoms with van der Waals surface area (Å²) < 4.78 is 0. The fraction of sp³-hybridized carbons (Fsp3) is 0.125. The van der Waals surface area contributed by atoms with Crippen LogP contribution in [-0.2, 0) is 0 Å². The molecule has 0 aliphatic carbocycles. The lowest BCUT2D eigenvalue weighted by Crippen LogP contribution is -2.14. The van der Waals surface area contributed by atoms with Crippen molar-refractivity contribution in [3.63, 3.8) is 0 Å². The van der Waals surface area contributed by atoms with E-state index in [0.717, 1.165) is 10.9 Å². The Morgan fingerprint density at radius 3 is 2.44 bits per heavy atom. The highest BCUT2D eigenvalue weighted by atomic mass is 16.3. The molecule has 0 bridgehead atoms. The largest absolute Gasteiger partial charge is 0.394 e. The first kappa shape index (κ1) is 11.2. The highest BCUT2D eigenvalue weighted by Gasteiger charge is 2.06. The Bertz CT molecular complexity index is 706. The molecule has 0 amide bonds. The van der Waals surface area contributed by atoms with Gasteiger partial charge in [-0.1, -0.05) is 48.5 Å². The van der Waals surface area contributed by atoms with Gasteiger partial charge in [-0.2, -0.15) is 0 Å². The van der Waals surface area contributed by atoms with Gasteiger partial charge >= 0.3 is 0 Å². The second-order valence-electron chi connectivity index (χ2n) is 4.56. The Hall–Kier alpha value is -1.90. The molecule has 3 aromatic carbocycles. The van der Waals surface area contributed by atoms with Crippen molar-refractivity contribution >= 4 is 21.5 Å². The molecular formula is C16H15NO. The van der Waals surface area contributed by atoms with Gasteiger partial charge in [-0.3, -0.25) is 0 Å². The van der Waals surface area contributed by atoms with Crippen LogP contribution in [0.3, 0.4) is 0 Å². The monoisotopic (exact) mass is 237 g/mol. The molecule has 3 N–H and O–H groups in total. The van der Waals surface area contributed by atoms with Gasteiger partial charge in [0.05, 0.1) is 12.6 Å². The first-order valence-corrected chi connectivity index (χ1v) is 6.07. The van der Waals surface area contributed by atoms with Crippen molar-refractivity contribution in [1.29, 1.82) is 0 Å². The first-order chi connectivity index (χ1) is 8.79. The van der Waals surface area contributed by atoms with E-state index in [2.05, 4.69) is 42.5 Å². The summed E-state index contributed by atoms with van der Waals surface area (Å²) in [5.41, 5.74) is 6.82. The van der Waals surface area contributed by atoms with Crippen LogP contribution in [0.15, 0.2) is 54.6 Å². The van der Waals surface area contributed by atoms with Crippen molar-refractivity contribution in [3.05, 3.63) is 60.2 Å². The summed E-state index contributed by atoms with van der Waals surface area (Å²) >= 11 is 0. The summed E-state index contributed by atoms with van der Waals surface area (Å²) in [6, 6.07) is 18.4. The van der Waals surface area contributed by atoms with Crippen molar-refractivity contribution in [2.24, 2.45) is 5.73 Å². The SMILES string of the molecule is N[C@H](CO)c1ccc2c(ccc3ccccc32)c1. The van der Waals surface area contributed by atoms with Gasteiger partial charge in [0.2, 0.25) is 0 Å². The van der Waals surface area contributed by atoms with Crippen LogP contribution in [0.4, 0.5) is 0 Å². The zero-order valence-electron chi connectivity index (χ0n) is 10.0. The molecule has 0 saturated carbocycles. The van der Waals surface area contributed by atoms with Gasteiger partial charge in [0.25, 0.3) is 0 Å². The average Bonchev–Trinajstić information content (AvgIpc) is 2.45. The Morgan fingerprint density at radius 1 is 0.889 bits per heavy atom. The summed E-state index contributed by atoms with van der Waals surface area (Å²) in [4.78, 5) is 0. The van der Waals surface area contributed by atoms with Crippen LogP contribution in [-0.4, -0.2) is 11.7 Å². The molecule has 2 nitrogen and oxygen atoms in total. The molecular weight excluding hydrogens is 222 g/mol. The van der Waals surface area contributed by atoms with Gasteiger partial charge in [0.15, 0.2) is 0 Å². The minimum Gasteiger partial charge on any atom is -0.394 e. The number of rotatable bonds is 2. The van der Waals surface area contributed by atoms with E-state index in [-0.39, 0.29) is 12.6 Å². The highest BCUT2D eigenvalue weighted by molar-refractivity contribution is 6.07. The predicted molar refractivity (Wildman–Crippen MR) is 75.5 cm³/mol. The van der Waals surface area contributed by atoms with Crippen molar-refractivity contribution in [3.8, 4) is 0 Å².